The molecule has 1 saturated heterocycles. The summed E-state index contributed by atoms with van der Waals surface area (Å²) >= 11 is 9.73. The Balaban J connectivity index is 2.02. The third-order valence-electron chi connectivity index (χ3n) is 3.10. The Hall–Kier alpha value is 0.1000. The van der Waals surface area contributed by atoms with Crippen molar-refractivity contribution in [3.05, 3.63) is 34.6 Å². The fourth-order valence-corrected chi connectivity index (χ4v) is 5.12. The zero-order valence-electron chi connectivity index (χ0n) is 10.3. The third-order valence-corrected chi connectivity index (χ3v) is 6.33. The van der Waals surface area contributed by atoms with Gasteiger partial charge >= 0.3 is 0 Å². The van der Waals surface area contributed by atoms with Crippen LogP contribution >= 0.6 is 35.1 Å². The van der Waals surface area contributed by atoms with Gasteiger partial charge in [-0.2, -0.15) is 23.5 Å². The molecule has 1 aromatic rings. The molecule has 2 rings (SSSR count). The highest BCUT2D eigenvalue weighted by Crippen LogP contribution is 2.28. The van der Waals surface area contributed by atoms with Crippen LogP contribution < -0.4 is 5.32 Å². The number of thioether (sulfide) groups is 2. The van der Waals surface area contributed by atoms with E-state index in [2.05, 4.69) is 5.32 Å². The summed E-state index contributed by atoms with van der Waals surface area (Å²) in [7, 11) is 1.98. The maximum atomic E-state index is 13.4. The van der Waals surface area contributed by atoms with Crippen molar-refractivity contribution in [2.45, 2.75) is 17.7 Å². The van der Waals surface area contributed by atoms with E-state index in [1.807, 2.05) is 36.6 Å². The number of rotatable bonds is 4. The van der Waals surface area contributed by atoms with Gasteiger partial charge in [0.05, 0.1) is 5.02 Å². The number of halogens is 2. The number of hydrogen-bond donors (Lipinski definition) is 1. The minimum Gasteiger partial charge on any atom is -0.316 e. The van der Waals surface area contributed by atoms with Crippen LogP contribution in [0.25, 0.3) is 0 Å². The second kappa shape index (κ2) is 7.04. The van der Waals surface area contributed by atoms with Crippen LogP contribution in [0.5, 0.6) is 0 Å². The van der Waals surface area contributed by atoms with E-state index in [1.54, 1.807) is 12.1 Å². The van der Waals surface area contributed by atoms with Crippen molar-refractivity contribution in [2.75, 3.05) is 24.3 Å². The molecular weight excluding hydrogens is 289 g/mol. The first-order valence-electron chi connectivity index (χ1n) is 6.01. The summed E-state index contributed by atoms with van der Waals surface area (Å²) < 4.78 is 13.4. The fraction of sp³-hybridized carbons (Fsp3) is 0.538. The molecular formula is C13H17ClFNS2. The fourth-order valence-electron chi connectivity index (χ4n) is 2.08. The van der Waals surface area contributed by atoms with Gasteiger partial charge in [-0.05, 0) is 31.2 Å². The van der Waals surface area contributed by atoms with E-state index in [-0.39, 0.29) is 10.8 Å². The van der Waals surface area contributed by atoms with Crippen molar-refractivity contribution in [1.82, 2.24) is 5.32 Å². The molecule has 0 amide bonds. The van der Waals surface area contributed by atoms with Gasteiger partial charge in [0.1, 0.15) is 5.82 Å². The predicted octanol–water partition coefficient (Wildman–Crippen LogP) is 3.46. The molecule has 0 saturated carbocycles. The third kappa shape index (κ3) is 3.80. The van der Waals surface area contributed by atoms with Gasteiger partial charge < -0.3 is 5.32 Å². The van der Waals surface area contributed by atoms with Crippen LogP contribution in [-0.2, 0) is 6.42 Å². The van der Waals surface area contributed by atoms with E-state index < -0.39 is 0 Å². The number of benzene rings is 1. The molecule has 1 aromatic carbocycles. The zero-order chi connectivity index (χ0) is 13.0. The maximum absolute atomic E-state index is 13.4. The summed E-state index contributed by atoms with van der Waals surface area (Å²) in [5, 5.41) is 4.17. The summed E-state index contributed by atoms with van der Waals surface area (Å²) in [6, 6.07) is 5.49. The monoisotopic (exact) mass is 305 g/mol. The van der Waals surface area contributed by atoms with E-state index in [0.29, 0.717) is 11.3 Å². The average Bonchev–Trinajstić information content (AvgIpc) is 2.41. The Labute approximate surface area is 121 Å². The van der Waals surface area contributed by atoms with E-state index in [9.17, 15) is 4.39 Å². The summed E-state index contributed by atoms with van der Waals surface area (Å²) in [6.07, 6.45) is 0.850. The Bertz CT molecular complexity index is 397. The van der Waals surface area contributed by atoms with Crippen LogP contribution in [0.2, 0.25) is 5.02 Å². The first-order valence-corrected chi connectivity index (χ1v) is 8.59. The highest BCUT2D eigenvalue weighted by atomic mass is 35.5. The summed E-state index contributed by atoms with van der Waals surface area (Å²) in [5.74, 6) is 3.30. The summed E-state index contributed by atoms with van der Waals surface area (Å²) in [6.45, 7) is 0. The minimum absolute atomic E-state index is 0.197. The second-order valence-electron chi connectivity index (χ2n) is 4.33. The predicted molar refractivity (Wildman–Crippen MR) is 81.5 cm³/mol. The molecule has 1 fully saturated rings. The van der Waals surface area contributed by atoms with Gasteiger partial charge in [0.15, 0.2) is 0 Å². The first-order chi connectivity index (χ1) is 8.70. The molecule has 1 nitrogen and oxygen atoms in total. The molecule has 0 aliphatic carbocycles. The average molecular weight is 306 g/mol. The molecule has 18 heavy (non-hydrogen) atoms. The van der Waals surface area contributed by atoms with Crippen LogP contribution in [-0.4, -0.2) is 35.6 Å². The van der Waals surface area contributed by atoms with E-state index in [0.717, 1.165) is 12.0 Å². The van der Waals surface area contributed by atoms with Crippen molar-refractivity contribution < 1.29 is 4.39 Å². The molecule has 0 radical (unpaired) electrons. The van der Waals surface area contributed by atoms with Crippen LogP contribution in [0.4, 0.5) is 4.39 Å². The smallest absolute Gasteiger partial charge is 0.142 e. The van der Waals surface area contributed by atoms with Gasteiger partial charge in [-0.25, -0.2) is 4.39 Å². The first kappa shape index (κ1) is 14.5. The lowest BCUT2D eigenvalue weighted by Crippen LogP contribution is -2.40. The lowest BCUT2D eigenvalue weighted by atomic mass is 10.0. The van der Waals surface area contributed by atoms with Crippen molar-refractivity contribution in [3.63, 3.8) is 0 Å². The van der Waals surface area contributed by atoms with Crippen molar-refractivity contribution in [1.29, 1.82) is 0 Å². The van der Waals surface area contributed by atoms with E-state index >= 15 is 0 Å². The molecule has 1 aliphatic rings. The zero-order valence-corrected chi connectivity index (χ0v) is 12.7. The molecule has 0 spiro atoms. The lowest BCUT2D eigenvalue weighted by Gasteiger charge is -2.29. The van der Waals surface area contributed by atoms with Crippen molar-refractivity contribution >= 4 is 35.1 Å². The number of nitrogens with one attached hydrogen (secondary N) is 1. The Morgan fingerprint density at radius 3 is 2.94 bits per heavy atom. The summed E-state index contributed by atoms with van der Waals surface area (Å²) in [5.41, 5.74) is 1.01. The van der Waals surface area contributed by atoms with Crippen molar-refractivity contribution in [3.8, 4) is 0 Å². The molecule has 2 atom stereocenters. The van der Waals surface area contributed by atoms with E-state index in [4.69, 9.17) is 11.6 Å². The number of likely N-dealkylation sites (N-methyl/N-ethyl adjacent to an activating group) is 1. The molecule has 1 N–H and O–H groups in total. The highest BCUT2D eigenvalue weighted by Gasteiger charge is 2.23. The molecule has 100 valence electrons. The Morgan fingerprint density at radius 1 is 1.50 bits per heavy atom. The quantitative estimate of drug-likeness (QED) is 0.915. The maximum Gasteiger partial charge on any atom is 0.142 e. The van der Waals surface area contributed by atoms with Crippen molar-refractivity contribution in [2.24, 2.45) is 0 Å². The van der Waals surface area contributed by atoms with Gasteiger partial charge in [-0.1, -0.05) is 17.7 Å². The second-order valence-corrected chi connectivity index (χ2v) is 7.24. The highest BCUT2D eigenvalue weighted by molar-refractivity contribution is 8.06. The van der Waals surface area contributed by atoms with Gasteiger partial charge in [0.25, 0.3) is 0 Å². The molecule has 1 aliphatic heterocycles. The standard InChI is InChI=1S/C13H17ClFNS2/c1-16-12(13-8-17-4-5-18-13)7-9-2-3-10(14)11(15)6-9/h2-3,6,12-13,16H,4-5,7-8H2,1H3. The SMILES string of the molecule is CNC(Cc1ccc(Cl)c(F)c1)C1CSCCS1. The molecule has 0 aromatic heterocycles. The molecule has 5 heteroatoms. The lowest BCUT2D eigenvalue weighted by molar-refractivity contribution is 0.553. The molecule has 0 bridgehead atoms. The topological polar surface area (TPSA) is 12.0 Å². The van der Waals surface area contributed by atoms with Gasteiger partial charge in [0, 0.05) is 28.6 Å². The Kier molecular flexibility index (Phi) is 5.67. The molecule has 2 unspecified atom stereocenters. The van der Waals surface area contributed by atoms with Gasteiger partial charge in [-0.15, -0.1) is 0 Å². The van der Waals surface area contributed by atoms with E-state index in [1.165, 1.54) is 17.3 Å². The Morgan fingerprint density at radius 2 is 2.33 bits per heavy atom. The van der Waals surface area contributed by atoms with Gasteiger partial charge in [0.2, 0.25) is 0 Å². The van der Waals surface area contributed by atoms with Gasteiger partial charge in [-0.3, -0.25) is 0 Å². The molecule has 1 heterocycles. The largest absolute Gasteiger partial charge is 0.316 e. The number of hydrogen-bond acceptors (Lipinski definition) is 3. The normalized spacial score (nSPS) is 21.8. The van der Waals surface area contributed by atoms with Crippen LogP contribution in [0.15, 0.2) is 18.2 Å². The van der Waals surface area contributed by atoms with Crippen LogP contribution in [0.1, 0.15) is 5.56 Å². The summed E-state index contributed by atoms with van der Waals surface area (Å²) in [4.78, 5) is 0. The van der Waals surface area contributed by atoms with Crippen LogP contribution in [0.3, 0.4) is 0 Å². The van der Waals surface area contributed by atoms with Crippen LogP contribution in [0, 0.1) is 5.82 Å². The minimum atomic E-state index is -0.324.